The van der Waals surface area contributed by atoms with Gasteiger partial charge in [-0.25, -0.2) is 4.79 Å². The maximum atomic E-state index is 12.9. The number of carbonyl (C=O) groups is 2. The Kier molecular flexibility index (Phi) is 6.80. The SMILES string of the molecule is CCc1nn(C[C@@H](C)COC(=O)c2cccc(C#N)c2)c2c1C(=O)NCC1(CCOCC1)C2. The van der Waals surface area contributed by atoms with Gasteiger partial charge in [-0.15, -0.1) is 0 Å². The third kappa shape index (κ3) is 4.93. The number of rotatable bonds is 6. The van der Waals surface area contributed by atoms with Gasteiger partial charge in [0.05, 0.1) is 40.8 Å². The first-order valence-electron chi connectivity index (χ1n) is 11.6. The van der Waals surface area contributed by atoms with Gasteiger partial charge in [0.25, 0.3) is 5.91 Å². The second-order valence-electron chi connectivity index (χ2n) is 9.17. The van der Waals surface area contributed by atoms with Crippen molar-refractivity contribution in [2.45, 2.75) is 46.1 Å². The molecule has 0 saturated carbocycles. The highest BCUT2D eigenvalue weighted by molar-refractivity contribution is 5.97. The minimum Gasteiger partial charge on any atom is -0.462 e. The molecule has 4 rings (SSSR count). The molecule has 1 aromatic carbocycles. The summed E-state index contributed by atoms with van der Waals surface area (Å²) in [7, 11) is 0. The quantitative estimate of drug-likeness (QED) is 0.679. The highest BCUT2D eigenvalue weighted by Gasteiger charge is 2.39. The van der Waals surface area contributed by atoms with Gasteiger partial charge in [0.15, 0.2) is 0 Å². The number of nitriles is 1. The Labute approximate surface area is 193 Å². The standard InChI is InChI=1S/C25H30N4O4/c1-3-20-22-21(12-25(16-27-23(22)30)7-9-32-10-8-25)29(28-20)14-17(2)15-33-24(31)19-6-4-5-18(11-19)13-26/h4-6,11,17H,3,7-10,12,14-16H2,1-2H3,(H,27,30)/t17-/m1/s1. The number of hydrogen-bond donors (Lipinski definition) is 1. The van der Waals surface area contributed by atoms with Gasteiger partial charge in [-0.3, -0.25) is 9.48 Å². The van der Waals surface area contributed by atoms with Crippen LogP contribution in [0.3, 0.4) is 0 Å². The molecule has 0 unspecified atom stereocenters. The van der Waals surface area contributed by atoms with Gasteiger partial charge >= 0.3 is 5.97 Å². The predicted molar refractivity (Wildman–Crippen MR) is 121 cm³/mol. The number of ether oxygens (including phenoxy) is 2. The summed E-state index contributed by atoms with van der Waals surface area (Å²) in [4.78, 5) is 25.4. The van der Waals surface area contributed by atoms with Crippen LogP contribution < -0.4 is 5.32 Å². The van der Waals surface area contributed by atoms with Crippen LogP contribution in [0.15, 0.2) is 24.3 Å². The molecule has 1 spiro atoms. The average Bonchev–Trinajstić information content (AvgIpc) is 3.10. The molecule has 1 atom stereocenters. The Morgan fingerprint density at radius 3 is 2.91 bits per heavy atom. The van der Waals surface area contributed by atoms with Crippen molar-refractivity contribution in [2.24, 2.45) is 11.3 Å². The van der Waals surface area contributed by atoms with E-state index in [0.29, 0.717) is 49.4 Å². The second-order valence-corrected chi connectivity index (χ2v) is 9.17. The van der Waals surface area contributed by atoms with Gasteiger partial charge in [0.2, 0.25) is 0 Å². The van der Waals surface area contributed by atoms with E-state index in [0.717, 1.165) is 30.7 Å². The van der Waals surface area contributed by atoms with Gasteiger partial charge in [0.1, 0.15) is 0 Å². The number of nitrogens with one attached hydrogen (secondary N) is 1. The van der Waals surface area contributed by atoms with Crippen molar-refractivity contribution in [2.75, 3.05) is 26.4 Å². The monoisotopic (exact) mass is 450 g/mol. The fourth-order valence-electron chi connectivity index (χ4n) is 4.69. The van der Waals surface area contributed by atoms with Crippen molar-refractivity contribution >= 4 is 11.9 Å². The largest absolute Gasteiger partial charge is 0.462 e. The van der Waals surface area contributed by atoms with Crippen LogP contribution in [0.25, 0.3) is 0 Å². The average molecular weight is 451 g/mol. The lowest BCUT2D eigenvalue weighted by molar-refractivity contribution is 0.0151. The van der Waals surface area contributed by atoms with Gasteiger partial charge in [-0.2, -0.15) is 10.4 Å². The van der Waals surface area contributed by atoms with Crippen molar-refractivity contribution in [3.05, 3.63) is 52.3 Å². The summed E-state index contributed by atoms with van der Waals surface area (Å²) >= 11 is 0. The van der Waals surface area contributed by atoms with Crippen molar-refractivity contribution in [3.63, 3.8) is 0 Å². The summed E-state index contributed by atoms with van der Waals surface area (Å²) in [6.45, 7) is 6.85. The van der Waals surface area contributed by atoms with Crippen LogP contribution in [0.5, 0.6) is 0 Å². The van der Waals surface area contributed by atoms with Crippen LogP contribution in [0, 0.1) is 22.7 Å². The normalized spacial score (nSPS) is 18.0. The first-order chi connectivity index (χ1) is 15.9. The summed E-state index contributed by atoms with van der Waals surface area (Å²) in [5.74, 6) is -0.500. The molecule has 33 heavy (non-hydrogen) atoms. The Hall–Kier alpha value is -3.18. The zero-order valence-electron chi connectivity index (χ0n) is 19.2. The highest BCUT2D eigenvalue weighted by Crippen LogP contribution is 2.37. The van der Waals surface area contributed by atoms with Crippen LogP contribution in [-0.2, 0) is 28.9 Å². The van der Waals surface area contributed by atoms with Crippen LogP contribution in [0.1, 0.15) is 64.4 Å². The molecule has 1 fully saturated rings. The number of hydrogen-bond acceptors (Lipinski definition) is 6. The molecule has 2 aromatic rings. The van der Waals surface area contributed by atoms with Gasteiger partial charge < -0.3 is 14.8 Å². The third-order valence-electron chi connectivity index (χ3n) is 6.62. The lowest BCUT2D eigenvalue weighted by Gasteiger charge is -2.36. The molecule has 0 bridgehead atoms. The number of carbonyl (C=O) groups excluding carboxylic acids is 2. The van der Waals surface area contributed by atoms with Crippen LogP contribution in [0.2, 0.25) is 0 Å². The van der Waals surface area contributed by atoms with Crippen LogP contribution >= 0.6 is 0 Å². The summed E-state index contributed by atoms with van der Waals surface area (Å²) in [6, 6.07) is 8.51. The van der Waals surface area contributed by atoms with Crippen molar-refractivity contribution < 1.29 is 19.1 Å². The van der Waals surface area contributed by atoms with E-state index in [1.807, 2.05) is 24.6 Å². The molecule has 0 aliphatic carbocycles. The molecule has 0 radical (unpaired) electrons. The first kappa shape index (κ1) is 23.0. The van der Waals surface area contributed by atoms with Crippen molar-refractivity contribution in [1.29, 1.82) is 5.26 Å². The van der Waals surface area contributed by atoms with Gasteiger partial charge in [-0.05, 0) is 49.3 Å². The second kappa shape index (κ2) is 9.75. The molecule has 8 heteroatoms. The number of fused-ring (bicyclic) bond motifs is 1. The molecular formula is C25H30N4O4. The molecule has 1 saturated heterocycles. The molecule has 1 amide bonds. The van der Waals surface area contributed by atoms with E-state index in [1.54, 1.807) is 18.2 Å². The zero-order valence-corrected chi connectivity index (χ0v) is 19.2. The highest BCUT2D eigenvalue weighted by atomic mass is 16.5. The molecule has 2 aliphatic heterocycles. The summed E-state index contributed by atoms with van der Waals surface area (Å²) < 4.78 is 13.0. The number of nitrogens with zero attached hydrogens (tertiary/aromatic N) is 3. The Balaban J connectivity index is 1.49. The number of esters is 1. The first-order valence-corrected chi connectivity index (χ1v) is 11.6. The third-order valence-corrected chi connectivity index (χ3v) is 6.62. The topological polar surface area (TPSA) is 106 Å². The molecule has 3 heterocycles. The molecule has 1 N–H and O–H groups in total. The Morgan fingerprint density at radius 2 is 2.18 bits per heavy atom. The van der Waals surface area contributed by atoms with E-state index in [1.165, 1.54) is 6.07 Å². The van der Waals surface area contributed by atoms with Crippen LogP contribution in [0.4, 0.5) is 0 Å². The fraction of sp³-hybridized carbons (Fsp3) is 0.520. The van der Waals surface area contributed by atoms with E-state index >= 15 is 0 Å². The van der Waals surface area contributed by atoms with E-state index in [-0.39, 0.29) is 23.8 Å². The lowest BCUT2D eigenvalue weighted by Crippen LogP contribution is -2.41. The predicted octanol–water partition coefficient (Wildman–Crippen LogP) is 2.89. The zero-order chi connectivity index (χ0) is 23.4. The molecule has 8 nitrogen and oxygen atoms in total. The van der Waals surface area contributed by atoms with E-state index in [4.69, 9.17) is 19.8 Å². The van der Waals surface area contributed by atoms with Crippen molar-refractivity contribution in [3.8, 4) is 6.07 Å². The van der Waals surface area contributed by atoms with Crippen molar-refractivity contribution in [1.82, 2.24) is 15.1 Å². The molecular weight excluding hydrogens is 420 g/mol. The lowest BCUT2D eigenvalue weighted by atomic mass is 9.76. The van der Waals surface area contributed by atoms with Gasteiger partial charge in [-0.1, -0.05) is 19.9 Å². The number of aromatic nitrogens is 2. The van der Waals surface area contributed by atoms with E-state index < -0.39 is 5.97 Å². The van der Waals surface area contributed by atoms with Gasteiger partial charge in [0, 0.05) is 32.2 Å². The minimum atomic E-state index is -0.451. The number of aryl methyl sites for hydroxylation is 1. The maximum absolute atomic E-state index is 12.9. The Bertz CT molecular complexity index is 1080. The Morgan fingerprint density at radius 1 is 1.39 bits per heavy atom. The smallest absolute Gasteiger partial charge is 0.338 e. The van der Waals surface area contributed by atoms with E-state index in [2.05, 4.69) is 5.32 Å². The summed E-state index contributed by atoms with van der Waals surface area (Å²) in [5.41, 5.74) is 3.26. The number of benzene rings is 1. The maximum Gasteiger partial charge on any atom is 0.338 e. The fourth-order valence-corrected chi connectivity index (χ4v) is 4.69. The summed E-state index contributed by atoms with van der Waals surface area (Å²) in [5, 5.41) is 16.9. The molecule has 174 valence electrons. The molecule has 2 aliphatic rings. The minimum absolute atomic E-state index is 0.00115. The van der Waals surface area contributed by atoms with E-state index in [9.17, 15) is 9.59 Å². The molecule has 1 aromatic heterocycles. The number of amides is 1. The summed E-state index contributed by atoms with van der Waals surface area (Å²) in [6.07, 6.45) is 3.28. The van der Waals surface area contributed by atoms with Crippen LogP contribution in [-0.4, -0.2) is 48.0 Å².